The molecule has 14 heteroatoms. The summed E-state index contributed by atoms with van der Waals surface area (Å²) in [6.07, 6.45) is 0. The third kappa shape index (κ3) is 27.0. The van der Waals surface area contributed by atoms with Gasteiger partial charge in [-0.25, -0.2) is 0 Å². The lowest BCUT2D eigenvalue weighted by Crippen LogP contribution is -2.42. The molecule has 0 aliphatic rings. The molecule has 0 aliphatic heterocycles. The molecule has 0 N–H and O–H groups in total. The van der Waals surface area contributed by atoms with Crippen LogP contribution in [-0.4, -0.2) is 106 Å². The van der Waals surface area contributed by atoms with Crippen LogP contribution >= 0.6 is 0 Å². The van der Waals surface area contributed by atoms with Gasteiger partial charge in [0.1, 0.15) is 16.1 Å². The third-order valence-corrected chi connectivity index (χ3v) is 46.2. The predicted molar refractivity (Wildman–Crippen MR) is 373 cm³/mol. The summed E-state index contributed by atoms with van der Waals surface area (Å²) in [5, 5.41) is -0.0159. The fourth-order valence-electron chi connectivity index (χ4n) is 4.96. The van der Waals surface area contributed by atoms with Crippen LogP contribution in [-0.2, 0) is 26.6 Å². The fraction of sp³-hybridized carbons (Fsp3) is 0.727. The molecule has 0 aromatic carbocycles. The number of rotatable bonds is 18. The van der Waals surface area contributed by atoms with Crippen molar-refractivity contribution in [2.75, 3.05) is 39.6 Å². The Balaban J connectivity index is 9.19. The number of hydrogen-bond donors (Lipinski definition) is 0. The Morgan fingerprint density at radius 3 is 0.463 bits per heavy atom. The van der Waals surface area contributed by atoms with Crippen LogP contribution in [0.3, 0.4) is 0 Å². The minimum Gasteiger partial charge on any atom is -0.412 e. The molecule has 0 heterocycles. The van der Waals surface area contributed by atoms with E-state index in [1.807, 2.05) is 0 Å². The van der Waals surface area contributed by atoms with Gasteiger partial charge >= 0.3 is 0 Å². The van der Waals surface area contributed by atoms with Crippen molar-refractivity contribution in [3.63, 3.8) is 0 Å². The SMILES string of the molecule is CC(C)(C)[Si](C)(C)OC/C(C#CC#C/C(CO[Si](C)(C)C(C)(C)C)=C(/C#C[Si](C)(C)C)CO[Si](C)(C)C(C)(C)C)=C(\C#CC#C/C(CO[Si](C)(C)C(C)(C)C)=C(/C#C[Si](C)(C)C)CO[Si](C)(C)C(C)(C)C)CO[Si](C)(C)C(C)(C)C. The van der Waals surface area contributed by atoms with Gasteiger partial charge in [0.2, 0.25) is 0 Å². The van der Waals surface area contributed by atoms with Crippen molar-refractivity contribution < 1.29 is 26.6 Å². The molecule has 0 amide bonds. The van der Waals surface area contributed by atoms with E-state index in [0.717, 1.165) is 33.4 Å². The molecule has 0 radical (unpaired) electrons. The summed E-state index contributed by atoms with van der Waals surface area (Å²) in [4.78, 5) is 0. The first-order chi connectivity index (χ1) is 35.2. The lowest BCUT2D eigenvalue weighted by atomic mass is 10.1. The maximum absolute atomic E-state index is 7.00. The average Bonchev–Trinajstić information content (AvgIpc) is 3.22. The third-order valence-electron chi connectivity index (χ3n) is 17.5. The van der Waals surface area contributed by atoms with E-state index in [-0.39, 0.29) is 43.4 Å². The molecule has 0 aromatic heterocycles. The van der Waals surface area contributed by atoms with E-state index in [9.17, 15) is 0 Å². The highest BCUT2D eigenvalue weighted by atomic mass is 28.4. The lowest BCUT2D eigenvalue weighted by molar-refractivity contribution is 0.308. The van der Waals surface area contributed by atoms with Crippen molar-refractivity contribution in [2.24, 2.45) is 0 Å². The topological polar surface area (TPSA) is 55.4 Å². The Bertz CT molecular complexity index is 2430. The minimum absolute atomic E-state index is 0.00474. The summed E-state index contributed by atoms with van der Waals surface area (Å²) in [5.74, 6) is 34.5. The highest BCUT2D eigenvalue weighted by molar-refractivity contribution is 6.84. The molecule has 0 aliphatic carbocycles. The van der Waals surface area contributed by atoms with Gasteiger partial charge in [0.05, 0.1) is 39.6 Å². The van der Waals surface area contributed by atoms with Gasteiger partial charge < -0.3 is 26.6 Å². The van der Waals surface area contributed by atoms with Gasteiger partial charge in [-0.1, -0.05) is 199 Å². The fourth-order valence-corrected chi connectivity index (χ4v) is 11.6. The van der Waals surface area contributed by atoms with Crippen LogP contribution in [0.5, 0.6) is 0 Å². The summed E-state index contributed by atoms with van der Waals surface area (Å²) in [5.41, 5.74) is 12.1. The maximum atomic E-state index is 7.00. The highest BCUT2D eigenvalue weighted by Crippen LogP contribution is 2.42. The van der Waals surface area contributed by atoms with Gasteiger partial charge in [-0.3, -0.25) is 0 Å². The zero-order chi connectivity index (χ0) is 63.4. The quantitative estimate of drug-likeness (QED) is 0.101. The highest BCUT2D eigenvalue weighted by Gasteiger charge is 2.42. The second kappa shape index (κ2) is 29.0. The molecule has 0 saturated heterocycles. The lowest BCUT2D eigenvalue weighted by Gasteiger charge is -2.37. The van der Waals surface area contributed by atoms with Crippen LogP contribution in [0.1, 0.15) is 125 Å². The molecule has 0 aromatic rings. The van der Waals surface area contributed by atoms with Crippen LogP contribution in [0, 0.1) is 70.3 Å². The van der Waals surface area contributed by atoms with E-state index < -0.39 is 66.1 Å². The van der Waals surface area contributed by atoms with E-state index in [4.69, 9.17) is 26.6 Å². The molecule has 0 unspecified atom stereocenters. The largest absolute Gasteiger partial charge is 0.412 e. The Kier molecular flexibility index (Phi) is 28.3. The Hall–Kier alpha value is -1.92. The van der Waals surface area contributed by atoms with Crippen LogP contribution in [0.2, 0.25) is 148 Å². The predicted octanol–water partition coefficient (Wildman–Crippen LogP) is 18.8. The van der Waals surface area contributed by atoms with Gasteiger partial charge in [0.25, 0.3) is 0 Å². The van der Waals surface area contributed by atoms with Crippen LogP contribution in [0.15, 0.2) is 33.4 Å². The van der Waals surface area contributed by atoms with Crippen molar-refractivity contribution in [3.8, 4) is 70.3 Å². The molecule has 0 fully saturated rings. The van der Waals surface area contributed by atoms with Gasteiger partial charge in [-0.15, -0.1) is 11.1 Å². The van der Waals surface area contributed by atoms with Crippen LogP contribution < -0.4 is 0 Å². The number of hydrogen-bond acceptors (Lipinski definition) is 6. The average molecular weight is 1230 g/mol. The second-order valence-corrected chi connectivity index (χ2v) is 71.5. The monoisotopic (exact) mass is 1230 g/mol. The molecule has 0 saturated carbocycles. The van der Waals surface area contributed by atoms with Gasteiger partial charge in [-0.05, 0) is 132 Å². The Morgan fingerprint density at radius 2 is 0.350 bits per heavy atom. The van der Waals surface area contributed by atoms with E-state index in [1.54, 1.807) is 0 Å². The van der Waals surface area contributed by atoms with Gasteiger partial charge in [0.15, 0.2) is 49.9 Å². The summed E-state index contributed by atoms with van der Waals surface area (Å²) >= 11 is 0. The Labute approximate surface area is 505 Å². The smallest absolute Gasteiger partial charge is 0.192 e. The zero-order valence-electron chi connectivity index (χ0n) is 58.7. The van der Waals surface area contributed by atoms with E-state index in [1.165, 1.54) is 0 Å². The van der Waals surface area contributed by atoms with Gasteiger partial charge in [-0.2, -0.15) is 0 Å². The molecule has 80 heavy (non-hydrogen) atoms. The van der Waals surface area contributed by atoms with Crippen molar-refractivity contribution >= 4 is 66.1 Å². The molecule has 0 bridgehead atoms. The second-order valence-electron chi connectivity index (χ2n) is 33.2. The summed E-state index contributed by atoms with van der Waals surface area (Å²) < 4.78 is 41.7. The first-order valence-electron chi connectivity index (χ1n) is 29.3. The summed E-state index contributed by atoms with van der Waals surface area (Å²) in [7, 11) is -16.8. The molecular formula is C66H120O6Si8. The van der Waals surface area contributed by atoms with E-state index in [2.05, 4.69) is 313 Å². The van der Waals surface area contributed by atoms with Crippen molar-refractivity contribution in [1.29, 1.82) is 0 Å². The summed E-state index contributed by atoms with van der Waals surface area (Å²) in [6.45, 7) is 83.6. The zero-order valence-corrected chi connectivity index (χ0v) is 66.7. The van der Waals surface area contributed by atoms with Crippen molar-refractivity contribution in [2.45, 2.75) is 273 Å². The normalized spacial score (nSPS) is 14.8. The van der Waals surface area contributed by atoms with Crippen molar-refractivity contribution in [3.05, 3.63) is 33.4 Å². The maximum Gasteiger partial charge on any atom is 0.192 e. The van der Waals surface area contributed by atoms with Crippen LogP contribution in [0.25, 0.3) is 0 Å². The van der Waals surface area contributed by atoms with Crippen molar-refractivity contribution in [1.82, 2.24) is 0 Å². The minimum atomic E-state index is -2.27. The Morgan fingerprint density at radius 1 is 0.225 bits per heavy atom. The summed E-state index contributed by atoms with van der Waals surface area (Å²) in [6, 6.07) is 0. The molecule has 6 nitrogen and oxygen atoms in total. The molecular weight excluding hydrogens is 1110 g/mol. The van der Waals surface area contributed by atoms with Gasteiger partial charge in [0, 0.05) is 33.4 Å². The first-order valence-corrected chi connectivity index (χ1v) is 53.8. The van der Waals surface area contributed by atoms with E-state index in [0.29, 0.717) is 26.4 Å². The van der Waals surface area contributed by atoms with E-state index >= 15 is 0 Å². The van der Waals surface area contributed by atoms with Crippen LogP contribution in [0.4, 0.5) is 0 Å². The first kappa shape index (κ1) is 78.1. The molecule has 0 rings (SSSR count). The standard InChI is InChI=1S/C66H120O6Si8/c1-61(2,3)75(25,26)67-49-55(41-37-39-43-57(51-69-77(29,30)63(7,8)9)59(45-47-73(19,20)21)53-71-79(33,34)65(13,14)15)56(50-68-76(27,28)62(4,5)6)42-38-40-44-58(52-70-78(31,32)64(10,11)12)60(46-48-74(22,23)24)54-72-80(35,36)66(16,17)18/h49-54H2,1-36H3/b56-55+,59-57+,60-58+. The molecule has 452 valence electrons. The molecule has 0 spiro atoms. The molecule has 0 atom stereocenters.